The molecule has 140 valence electrons. The second-order valence-corrected chi connectivity index (χ2v) is 9.67. The number of methoxy groups -OCH3 is 1. The van der Waals surface area contributed by atoms with Crippen LogP contribution in [0.25, 0.3) is 10.9 Å². The van der Waals surface area contributed by atoms with E-state index in [1.165, 1.54) is 0 Å². The zero-order valence-electron chi connectivity index (χ0n) is 15.1. The number of aromatic amines is 1. The number of carbonyl (C=O) groups is 1. The molecule has 0 aliphatic carbocycles. The van der Waals surface area contributed by atoms with Crippen LogP contribution in [0.15, 0.2) is 24.3 Å². The Morgan fingerprint density at radius 2 is 2.04 bits per heavy atom. The Kier molecular flexibility index (Phi) is 4.00. The number of H-pyrrole nitrogens is 1. The maximum absolute atomic E-state index is 12.9. The highest BCUT2D eigenvalue weighted by Gasteiger charge is 2.53. The lowest BCUT2D eigenvalue weighted by Crippen LogP contribution is -2.38. The number of carbonyl (C=O) groups excluding carboxylic acids is 1. The topological polar surface area (TPSA) is 82.7 Å². The van der Waals surface area contributed by atoms with Crippen molar-refractivity contribution in [3.63, 3.8) is 0 Å². The van der Waals surface area contributed by atoms with Gasteiger partial charge in [0.05, 0.1) is 18.1 Å². The molecule has 0 unspecified atom stereocenters. The fourth-order valence-corrected chi connectivity index (χ4v) is 6.73. The Balaban J connectivity index is 1.60. The van der Waals surface area contributed by atoms with Crippen LogP contribution in [-0.2, 0) is 9.84 Å². The summed E-state index contributed by atoms with van der Waals surface area (Å²) in [5.74, 6) is 0.737. The number of hydrogen-bond donors (Lipinski definition) is 1. The number of nitrogens with one attached hydrogen (secondary N) is 1. The first-order valence-corrected chi connectivity index (χ1v) is 10.4. The SMILES string of the molecule is COc1ccc2[nH]c(C(=O)N3C[C@H]4[C@H](N(C)C)CS(=O)(=O)[C@H]4C3)cc2c1. The molecule has 0 saturated carbocycles. The van der Waals surface area contributed by atoms with Crippen LogP contribution in [0.2, 0.25) is 0 Å². The minimum absolute atomic E-state index is 0.0246. The number of benzene rings is 1. The summed E-state index contributed by atoms with van der Waals surface area (Å²) in [6, 6.07) is 7.34. The van der Waals surface area contributed by atoms with E-state index in [9.17, 15) is 13.2 Å². The Hall–Kier alpha value is -2.06. The first-order valence-electron chi connectivity index (χ1n) is 8.64. The Morgan fingerprint density at radius 1 is 1.27 bits per heavy atom. The van der Waals surface area contributed by atoms with Crippen LogP contribution in [0.1, 0.15) is 10.5 Å². The van der Waals surface area contributed by atoms with Gasteiger partial charge in [0.15, 0.2) is 9.84 Å². The van der Waals surface area contributed by atoms with Crippen molar-refractivity contribution < 1.29 is 17.9 Å². The third kappa shape index (κ3) is 2.68. The minimum atomic E-state index is -3.16. The van der Waals surface area contributed by atoms with Crippen LogP contribution in [0, 0.1) is 5.92 Å². The molecule has 3 atom stereocenters. The van der Waals surface area contributed by atoms with Crippen molar-refractivity contribution >= 4 is 26.6 Å². The molecule has 2 aliphatic heterocycles. The number of rotatable bonds is 3. The number of likely N-dealkylation sites (tertiary alicyclic amines) is 1. The van der Waals surface area contributed by atoms with Gasteiger partial charge in [-0.3, -0.25) is 4.79 Å². The van der Waals surface area contributed by atoms with Gasteiger partial charge in [-0.2, -0.15) is 0 Å². The first-order chi connectivity index (χ1) is 12.3. The summed E-state index contributed by atoms with van der Waals surface area (Å²) in [7, 11) is 2.24. The number of amides is 1. The number of sulfone groups is 1. The molecule has 4 rings (SSSR count). The van der Waals surface area contributed by atoms with E-state index in [-0.39, 0.29) is 30.2 Å². The van der Waals surface area contributed by atoms with Gasteiger partial charge in [0.1, 0.15) is 11.4 Å². The molecule has 2 aromatic rings. The predicted molar refractivity (Wildman–Crippen MR) is 99.3 cm³/mol. The van der Waals surface area contributed by atoms with Crippen LogP contribution in [0.4, 0.5) is 0 Å². The molecule has 0 spiro atoms. The molecule has 1 N–H and O–H groups in total. The lowest BCUT2D eigenvalue weighted by molar-refractivity contribution is 0.0775. The monoisotopic (exact) mass is 377 g/mol. The molecular formula is C18H23N3O4S. The van der Waals surface area contributed by atoms with Crippen molar-refractivity contribution in [3.8, 4) is 5.75 Å². The van der Waals surface area contributed by atoms with E-state index in [0.29, 0.717) is 12.2 Å². The molecule has 8 heteroatoms. The molecule has 2 fully saturated rings. The maximum Gasteiger partial charge on any atom is 0.270 e. The smallest absolute Gasteiger partial charge is 0.270 e. The van der Waals surface area contributed by atoms with Crippen LogP contribution in [-0.4, -0.2) is 80.4 Å². The summed E-state index contributed by atoms with van der Waals surface area (Å²) in [4.78, 5) is 19.7. The molecule has 1 amide bonds. The molecule has 0 radical (unpaired) electrons. The van der Waals surface area contributed by atoms with Crippen molar-refractivity contribution in [2.24, 2.45) is 5.92 Å². The van der Waals surface area contributed by atoms with Gasteiger partial charge in [0.25, 0.3) is 5.91 Å². The van der Waals surface area contributed by atoms with E-state index in [4.69, 9.17) is 4.74 Å². The van der Waals surface area contributed by atoms with E-state index in [1.54, 1.807) is 18.1 Å². The third-order valence-electron chi connectivity index (χ3n) is 5.68. The molecule has 3 heterocycles. The van der Waals surface area contributed by atoms with Gasteiger partial charge in [-0.05, 0) is 38.4 Å². The van der Waals surface area contributed by atoms with Gasteiger partial charge < -0.3 is 19.5 Å². The van der Waals surface area contributed by atoms with E-state index in [1.807, 2.05) is 37.2 Å². The average molecular weight is 377 g/mol. The van der Waals surface area contributed by atoms with E-state index in [0.717, 1.165) is 16.7 Å². The van der Waals surface area contributed by atoms with Crippen molar-refractivity contribution in [3.05, 3.63) is 30.0 Å². The molecule has 0 bridgehead atoms. The number of ether oxygens (including phenoxy) is 1. The zero-order valence-corrected chi connectivity index (χ0v) is 15.9. The molecule has 26 heavy (non-hydrogen) atoms. The Morgan fingerprint density at radius 3 is 2.73 bits per heavy atom. The van der Waals surface area contributed by atoms with Gasteiger partial charge in [-0.1, -0.05) is 0 Å². The van der Waals surface area contributed by atoms with Crippen LogP contribution in [0.3, 0.4) is 0 Å². The van der Waals surface area contributed by atoms with Crippen LogP contribution in [0.5, 0.6) is 5.75 Å². The highest BCUT2D eigenvalue weighted by atomic mass is 32.2. The zero-order chi connectivity index (χ0) is 18.6. The first kappa shape index (κ1) is 17.4. The molecule has 1 aromatic carbocycles. The van der Waals surface area contributed by atoms with E-state index in [2.05, 4.69) is 4.98 Å². The summed E-state index contributed by atoms with van der Waals surface area (Å²) >= 11 is 0. The standard InChI is InChI=1S/C18H23N3O4S/c1-20(2)16-10-26(23,24)17-9-21(8-13(16)17)18(22)15-7-11-6-12(25-3)4-5-14(11)19-15/h4-7,13,16-17,19H,8-10H2,1-3H3/t13-,16+,17-/m0/s1. The summed E-state index contributed by atoms with van der Waals surface area (Å²) in [5, 5.41) is 0.439. The van der Waals surface area contributed by atoms with Gasteiger partial charge in [-0.25, -0.2) is 8.42 Å². The van der Waals surface area contributed by atoms with Crippen molar-refractivity contribution in [1.82, 2.24) is 14.8 Å². The third-order valence-corrected chi connectivity index (χ3v) is 7.90. The highest BCUT2D eigenvalue weighted by molar-refractivity contribution is 7.92. The Bertz CT molecular complexity index is 966. The summed E-state index contributed by atoms with van der Waals surface area (Å²) in [5.41, 5.74) is 1.33. The molecule has 2 saturated heterocycles. The van der Waals surface area contributed by atoms with Crippen LogP contribution >= 0.6 is 0 Å². The largest absolute Gasteiger partial charge is 0.497 e. The van der Waals surface area contributed by atoms with Gasteiger partial charge in [-0.15, -0.1) is 0 Å². The summed E-state index contributed by atoms with van der Waals surface area (Å²) in [6.07, 6.45) is 0. The number of hydrogen-bond acceptors (Lipinski definition) is 5. The van der Waals surface area contributed by atoms with Gasteiger partial charge in [0.2, 0.25) is 0 Å². The second-order valence-electron chi connectivity index (χ2n) is 7.41. The van der Waals surface area contributed by atoms with Gasteiger partial charge in [0, 0.05) is 36.0 Å². The van der Waals surface area contributed by atoms with Gasteiger partial charge >= 0.3 is 0 Å². The minimum Gasteiger partial charge on any atom is -0.497 e. The molecular weight excluding hydrogens is 354 g/mol. The predicted octanol–water partition coefficient (Wildman–Crippen LogP) is 0.976. The van der Waals surface area contributed by atoms with E-state index < -0.39 is 15.1 Å². The molecule has 7 nitrogen and oxygen atoms in total. The molecule has 2 aliphatic rings. The summed E-state index contributed by atoms with van der Waals surface area (Å²) < 4.78 is 30.2. The fourth-order valence-electron chi connectivity index (χ4n) is 4.25. The lowest BCUT2D eigenvalue weighted by Gasteiger charge is -2.24. The Labute approximate surface area is 152 Å². The maximum atomic E-state index is 12.9. The van der Waals surface area contributed by atoms with Crippen LogP contribution < -0.4 is 4.74 Å². The number of fused-ring (bicyclic) bond motifs is 2. The van der Waals surface area contributed by atoms with Crippen molar-refractivity contribution in [2.45, 2.75) is 11.3 Å². The quantitative estimate of drug-likeness (QED) is 0.862. The number of aromatic nitrogens is 1. The fraction of sp³-hybridized carbons (Fsp3) is 0.500. The number of nitrogens with zero attached hydrogens (tertiary/aromatic N) is 2. The average Bonchev–Trinajstić information content (AvgIpc) is 3.27. The van der Waals surface area contributed by atoms with Crippen molar-refractivity contribution in [2.75, 3.05) is 40.0 Å². The lowest BCUT2D eigenvalue weighted by atomic mass is 10.00. The normalized spacial score (nSPS) is 27.2. The van der Waals surface area contributed by atoms with Crippen molar-refractivity contribution in [1.29, 1.82) is 0 Å². The second kappa shape index (κ2) is 5.99. The van der Waals surface area contributed by atoms with E-state index >= 15 is 0 Å². The highest BCUT2D eigenvalue weighted by Crippen LogP contribution is 2.36. The summed E-state index contributed by atoms with van der Waals surface area (Å²) in [6.45, 7) is 0.749. The molecule has 1 aromatic heterocycles.